The second-order valence-corrected chi connectivity index (χ2v) is 5.83. The van der Waals surface area contributed by atoms with Crippen LogP contribution in [0.5, 0.6) is 0 Å². The molecule has 0 aromatic heterocycles. The van der Waals surface area contributed by atoms with Gasteiger partial charge in [0.25, 0.3) is 0 Å². The topological polar surface area (TPSA) is 35.5 Å². The van der Waals surface area contributed by atoms with Gasteiger partial charge in [0.05, 0.1) is 6.10 Å². The van der Waals surface area contributed by atoms with Crippen molar-refractivity contribution in [2.45, 2.75) is 44.8 Å². The summed E-state index contributed by atoms with van der Waals surface area (Å²) in [7, 11) is 0. The summed E-state index contributed by atoms with van der Waals surface area (Å²) in [6, 6.07) is 10.6. The maximum absolute atomic E-state index is 10.4. The molecule has 0 amide bonds. The average molecular weight is 276 g/mol. The van der Waals surface area contributed by atoms with Gasteiger partial charge in [-0.25, -0.2) is 0 Å². The number of piperidine rings is 1. The largest absolute Gasteiger partial charge is 0.387 e. The summed E-state index contributed by atoms with van der Waals surface area (Å²) in [5, 5.41) is 14.0. The van der Waals surface area contributed by atoms with Gasteiger partial charge in [-0.15, -0.1) is 0 Å². The second-order valence-electron chi connectivity index (χ2n) is 5.83. The van der Waals surface area contributed by atoms with E-state index < -0.39 is 0 Å². The molecule has 2 atom stereocenters. The van der Waals surface area contributed by atoms with Crippen molar-refractivity contribution in [1.29, 1.82) is 0 Å². The van der Waals surface area contributed by atoms with E-state index in [-0.39, 0.29) is 6.10 Å². The maximum Gasteiger partial charge on any atom is 0.0916 e. The molecule has 1 aliphatic rings. The molecule has 1 fully saturated rings. The number of rotatable bonds is 7. The van der Waals surface area contributed by atoms with Crippen LogP contribution in [0.1, 0.15) is 44.3 Å². The minimum absolute atomic E-state index is 0.383. The zero-order valence-electron chi connectivity index (χ0n) is 12.6. The number of aliphatic hydroxyl groups excluding tert-OH is 1. The summed E-state index contributed by atoms with van der Waals surface area (Å²) < 4.78 is 0. The lowest BCUT2D eigenvalue weighted by Gasteiger charge is -2.31. The summed E-state index contributed by atoms with van der Waals surface area (Å²) in [6.45, 7) is 6.19. The molecule has 2 N–H and O–H groups in total. The van der Waals surface area contributed by atoms with Crippen molar-refractivity contribution in [3.8, 4) is 0 Å². The molecule has 1 aromatic rings. The van der Waals surface area contributed by atoms with E-state index in [0.717, 1.165) is 38.2 Å². The van der Waals surface area contributed by atoms with Gasteiger partial charge in [0.2, 0.25) is 0 Å². The summed E-state index contributed by atoms with van der Waals surface area (Å²) in [5.41, 5.74) is 1.02. The third-order valence-electron chi connectivity index (χ3n) is 4.05. The Balaban J connectivity index is 1.87. The van der Waals surface area contributed by atoms with Gasteiger partial charge in [0, 0.05) is 19.1 Å². The molecule has 0 saturated carbocycles. The van der Waals surface area contributed by atoms with Crippen LogP contribution >= 0.6 is 0 Å². The first-order valence-electron chi connectivity index (χ1n) is 7.98. The van der Waals surface area contributed by atoms with Crippen molar-refractivity contribution in [3.63, 3.8) is 0 Å². The monoisotopic (exact) mass is 276 g/mol. The van der Waals surface area contributed by atoms with E-state index in [1.54, 1.807) is 0 Å². The molecule has 1 aromatic carbocycles. The van der Waals surface area contributed by atoms with Crippen LogP contribution in [0.3, 0.4) is 0 Å². The molecule has 2 unspecified atom stereocenters. The van der Waals surface area contributed by atoms with Crippen molar-refractivity contribution in [3.05, 3.63) is 35.9 Å². The Bertz CT molecular complexity index is 363. The number of aliphatic hydroxyl groups is 1. The quantitative estimate of drug-likeness (QED) is 0.803. The van der Waals surface area contributed by atoms with Gasteiger partial charge >= 0.3 is 0 Å². The third kappa shape index (κ3) is 4.89. The first kappa shape index (κ1) is 15.5. The van der Waals surface area contributed by atoms with Crippen LogP contribution in [-0.2, 0) is 0 Å². The van der Waals surface area contributed by atoms with E-state index in [1.807, 2.05) is 30.3 Å². The van der Waals surface area contributed by atoms with Crippen LogP contribution in [0.25, 0.3) is 0 Å². The lowest BCUT2D eigenvalue weighted by Crippen LogP contribution is -2.45. The van der Waals surface area contributed by atoms with Gasteiger partial charge in [-0.05, 0) is 37.9 Å². The molecule has 112 valence electrons. The normalized spacial score (nSPS) is 21.1. The zero-order valence-corrected chi connectivity index (χ0v) is 12.6. The first-order valence-corrected chi connectivity index (χ1v) is 7.98. The number of nitrogens with zero attached hydrogens (tertiary/aromatic N) is 1. The lowest BCUT2D eigenvalue weighted by molar-refractivity contribution is 0.104. The minimum atomic E-state index is -0.383. The first-order chi connectivity index (χ1) is 9.79. The fraction of sp³-hybridized carbons (Fsp3) is 0.647. The van der Waals surface area contributed by atoms with Crippen molar-refractivity contribution < 1.29 is 5.11 Å². The lowest BCUT2D eigenvalue weighted by atomic mass is 10.0. The Labute approximate surface area is 123 Å². The van der Waals surface area contributed by atoms with E-state index >= 15 is 0 Å². The third-order valence-corrected chi connectivity index (χ3v) is 4.05. The van der Waals surface area contributed by atoms with E-state index in [4.69, 9.17) is 0 Å². The molecular formula is C17H28N2O. The second kappa shape index (κ2) is 8.40. The highest BCUT2D eigenvalue weighted by Gasteiger charge is 2.18. The Hall–Kier alpha value is -0.900. The highest BCUT2D eigenvalue weighted by atomic mass is 16.3. The fourth-order valence-corrected chi connectivity index (χ4v) is 2.99. The molecule has 0 bridgehead atoms. The highest BCUT2D eigenvalue weighted by Crippen LogP contribution is 2.15. The molecule has 0 radical (unpaired) electrons. The fourth-order valence-electron chi connectivity index (χ4n) is 2.99. The molecule has 20 heavy (non-hydrogen) atoms. The van der Waals surface area contributed by atoms with Gasteiger partial charge in [0.1, 0.15) is 0 Å². The Morgan fingerprint density at radius 3 is 2.75 bits per heavy atom. The predicted molar refractivity (Wildman–Crippen MR) is 83.8 cm³/mol. The Morgan fingerprint density at radius 1 is 1.30 bits per heavy atom. The number of hydrogen-bond donors (Lipinski definition) is 2. The molecule has 3 nitrogen and oxygen atoms in total. The van der Waals surface area contributed by atoms with Crippen LogP contribution in [0.4, 0.5) is 0 Å². The molecule has 3 heteroatoms. The molecule has 1 saturated heterocycles. The summed E-state index contributed by atoms with van der Waals surface area (Å²) >= 11 is 0. The number of benzene rings is 1. The molecule has 0 aliphatic carbocycles. The summed E-state index contributed by atoms with van der Waals surface area (Å²) in [6.07, 6.45) is 4.65. The minimum Gasteiger partial charge on any atom is -0.387 e. The van der Waals surface area contributed by atoms with Crippen LogP contribution in [0.15, 0.2) is 30.3 Å². The summed E-state index contributed by atoms with van der Waals surface area (Å²) in [4.78, 5) is 2.40. The van der Waals surface area contributed by atoms with Crippen LogP contribution in [-0.4, -0.2) is 42.2 Å². The molecule has 1 aliphatic heterocycles. The van der Waals surface area contributed by atoms with Crippen molar-refractivity contribution in [2.75, 3.05) is 26.2 Å². The highest BCUT2D eigenvalue weighted by molar-refractivity contribution is 5.17. The average Bonchev–Trinajstić information content (AvgIpc) is 2.49. The zero-order chi connectivity index (χ0) is 14.2. The maximum atomic E-state index is 10.4. The van der Waals surface area contributed by atoms with Crippen molar-refractivity contribution in [1.82, 2.24) is 10.2 Å². The molecule has 0 spiro atoms. The van der Waals surface area contributed by atoms with E-state index in [1.165, 1.54) is 19.3 Å². The van der Waals surface area contributed by atoms with Crippen LogP contribution in [0, 0.1) is 0 Å². The van der Waals surface area contributed by atoms with Crippen LogP contribution in [0.2, 0.25) is 0 Å². The number of hydrogen-bond acceptors (Lipinski definition) is 3. The Morgan fingerprint density at radius 2 is 2.10 bits per heavy atom. The van der Waals surface area contributed by atoms with Gasteiger partial charge in [-0.2, -0.15) is 0 Å². The van der Waals surface area contributed by atoms with Crippen molar-refractivity contribution >= 4 is 0 Å². The van der Waals surface area contributed by atoms with Crippen molar-refractivity contribution in [2.24, 2.45) is 0 Å². The summed E-state index contributed by atoms with van der Waals surface area (Å²) in [5.74, 6) is 0. The van der Waals surface area contributed by atoms with E-state index in [0.29, 0.717) is 6.04 Å². The van der Waals surface area contributed by atoms with E-state index in [2.05, 4.69) is 17.1 Å². The van der Waals surface area contributed by atoms with E-state index in [9.17, 15) is 5.11 Å². The van der Waals surface area contributed by atoms with Crippen LogP contribution < -0.4 is 5.32 Å². The van der Waals surface area contributed by atoms with Gasteiger partial charge in [-0.1, -0.05) is 43.7 Å². The molecular weight excluding hydrogens is 248 g/mol. The SMILES string of the molecule is CCCN(CC1CCCCN1)CC(O)c1ccccc1. The standard InChI is InChI=1S/C17H28N2O/c1-2-12-19(13-16-10-6-7-11-18-16)14-17(20)15-8-4-3-5-9-15/h3-5,8-9,16-18,20H,2,6-7,10-14H2,1H3. The predicted octanol–water partition coefficient (Wildman–Crippen LogP) is 2.57. The number of nitrogens with one attached hydrogen (secondary N) is 1. The van der Waals surface area contributed by atoms with Gasteiger partial charge < -0.3 is 10.4 Å². The Kier molecular flexibility index (Phi) is 6.51. The van der Waals surface area contributed by atoms with Gasteiger partial charge in [-0.3, -0.25) is 4.90 Å². The smallest absolute Gasteiger partial charge is 0.0916 e. The molecule has 1 heterocycles. The molecule has 2 rings (SSSR count). The van der Waals surface area contributed by atoms with Gasteiger partial charge in [0.15, 0.2) is 0 Å².